The number of anilines is 1. The van der Waals surface area contributed by atoms with Crippen molar-refractivity contribution in [3.63, 3.8) is 0 Å². The highest BCUT2D eigenvalue weighted by molar-refractivity contribution is 7.92. The number of nitrogens with one attached hydrogen (secondary N) is 2. The zero-order valence-corrected chi connectivity index (χ0v) is 18.1. The van der Waals surface area contributed by atoms with Gasteiger partial charge in [-0.15, -0.1) is 0 Å². The molecule has 0 radical (unpaired) electrons. The Kier molecular flexibility index (Phi) is 5.59. The Hall–Kier alpha value is -3.48. The lowest BCUT2D eigenvalue weighted by Crippen LogP contribution is -2.34. The van der Waals surface area contributed by atoms with E-state index in [1.807, 2.05) is 0 Å². The van der Waals surface area contributed by atoms with E-state index in [0.717, 1.165) is 16.7 Å². The Morgan fingerprint density at radius 1 is 1.16 bits per heavy atom. The monoisotopic (exact) mass is 494 g/mol. The Balaban J connectivity index is 1.55. The average molecular weight is 495 g/mol. The summed E-state index contributed by atoms with van der Waals surface area (Å²) < 4.78 is 39.6. The van der Waals surface area contributed by atoms with E-state index < -0.39 is 26.7 Å². The summed E-state index contributed by atoms with van der Waals surface area (Å²) in [6, 6.07) is 9.58. The van der Waals surface area contributed by atoms with E-state index in [9.17, 15) is 27.5 Å². The molecular weight excluding hydrogens is 483 g/mol. The van der Waals surface area contributed by atoms with E-state index in [0.29, 0.717) is 27.1 Å². The van der Waals surface area contributed by atoms with Crippen molar-refractivity contribution >= 4 is 55.5 Å². The zero-order valence-electron chi connectivity index (χ0n) is 15.7. The lowest BCUT2D eigenvalue weighted by molar-refractivity contribution is 0.256. The van der Waals surface area contributed by atoms with E-state index >= 15 is 0 Å². The number of rotatable bonds is 4. The number of sulfonamides is 1. The Morgan fingerprint density at radius 3 is 2.59 bits per heavy atom. The molecule has 0 saturated heterocycles. The number of halogens is 2. The number of carbonyl (C=O) groups excluding carboxylic acids is 1. The number of nitrogens with zero attached hydrogens (tertiary/aromatic N) is 2. The van der Waals surface area contributed by atoms with Gasteiger partial charge < -0.3 is 10.4 Å². The number of aromatic nitrogens is 2. The number of amides is 2. The van der Waals surface area contributed by atoms with Crippen LogP contribution in [0.1, 0.15) is 0 Å². The highest BCUT2D eigenvalue weighted by atomic mass is 35.5. The number of fused-ring (bicyclic) bond motifs is 1. The van der Waals surface area contributed by atoms with Gasteiger partial charge in [-0.3, -0.25) is 4.79 Å². The molecule has 3 N–H and O–H groups in total. The molecule has 0 aliphatic carbocycles. The fourth-order valence-electron chi connectivity index (χ4n) is 2.86. The molecule has 0 fully saturated rings. The molecule has 4 rings (SSSR count). The smallest absolute Gasteiger partial charge is 0.333 e. The van der Waals surface area contributed by atoms with Crippen LogP contribution in [-0.2, 0) is 10.0 Å². The first-order valence-corrected chi connectivity index (χ1v) is 11.4. The van der Waals surface area contributed by atoms with Gasteiger partial charge >= 0.3 is 6.03 Å². The number of pyridine rings is 2. The molecule has 4 aromatic rings. The first-order chi connectivity index (χ1) is 15.1. The van der Waals surface area contributed by atoms with Gasteiger partial charge in [0.05, 0.1) is 11.9 Å². The van der Waals surface area contributed by atoms with E-state index in [-0.39, 0.29) is 21.6 Å². The summed E-state index contributed by atoms with van der Waals surface area (Å²) in [4.78, 5) is 28.5. The molecule has 13 heteroatoms. The van der Waals surface area contributed by atoms with Crippen LogP contribution in [0.4, 0.5) is 14.9 Å². The van der Waals surface area contributed by atoms with Crippen LogP contribution in [0.3, 0.4) is 0 Å². The van der Waals surface area contributed by atoms with Crippen LogP contribution in [-0.4, -0.2) is 29.1 Å². The minimum Gasteiger partial charge on any atom is -0.494 e. The maximum Gasteiger partial charge on any atom is 0.333 e. The van der Waals surface area contributed by atoms with Gasteiger partial charge in [0.2, 0.25) is 5.88 Å². The largest absolute Gasteiger partial charge is 0.494 e. The Labute approximate surface area is 188 Å². The maximum atomic E-state index is 13.0. The van der Waals surface area contributed by atoms with Gasteiger partial charge in [0.25, 0.3) is 15.6 Å². The van der Waals surface area contributed by atoms with Crippen molar-refractivity contribution in [1.82, 2.24) is 14.3 Å². The van der Waals surface area contributed by atoms with Crippen molar-refractivity contribution in [2.45, 2.75) is 4.21 Å². The minimum atomic E-state index is -4.24. The predicted octanol–water partition coefficient (Wildman–Crippen LogP) is 3.46. The van der Waals surface area contributed by atoms with Crippen LogP contribution in [0.5, 0.6) is 5.88 Å². The van der Waals surface area contributed by atoms with Crippen molar-refractivity contribution in [2.75, 3.05) is 5.32 Å². The first kappa shape index (κ1) is 21.7. The molecule has 0 atom stereocenters. The van der Waals surface area contributed by atoms with E-state index in [4.69, 9.17) is 11.6 Å². The summed E-state index contributed by atoms with van der Waals surface area (Å²) in [6.07, 6.45) is 1.17. The molecule has 1 aromatic carbocycles. The summed E-state index contributed by atoms with van der Waals surface area (Å²) in [7, 11) is -4.24. The zero-order chi connectivity index (χ0) is 23.0. The lowest BCUT2D eigenvalue weighted by atomic mass is 10.1. The highest BCUT2D eigenvalue weighted by Crippen LogP contribution is 2.27. The van der Waals surface area contributed by atoms with Gasteiger partial charge in [-0.2, -0.15) is 4.39 Å². The topological polar surface area (TPSA) is 130 Å². The van der Waals surface area contributed by atoms with Gasteiger partial charge in [-0.1, -0.05) is 22.9 Å². The number of urea groups is 1. The second-order valence-electron chi connectivity index (χ2n) is 6.40. The maximum absolute atomic E-state index is 13.0. The molecule has 9 nitrogen and oxygen atoms in total. The fraction of sp³-hybridized carbons (Fsp3) is 0. The first-order valence-electron chi connectivity index (χ1n) is 8.74. The van der Waals surface area contributed by atoms with Crippen LogP contribution in [0.15, 0.2) is 63.7 Å². The molecule has 0 aliphatic rings. The fourth-order valence-corrected chi connectivity index (χ4v) is 4.95. The van der Waals surface area contributed by atoms with Gasteiger partial charge in [0.15, 0.2) is 5.13 Å². The number of thiophene rings is 1. The third kappa shape index (κ3) is 4.28. The number of carbonyl (C=O) groups is 1. The van der Waals surface area contributed by atoms with Crippen molar-refractivity contribution in [2.24, 2.45) is 0 Å². The normalized spacial score (nSPS) is 11.4. The lowest BCUT2D eigenvalue weighted by Gasteiger charge is -2.11. The van der Waals surface area contributed by atoms with Crippen molar-refractivity contribution in [3.8, 4) is 11.7 Å². The summed E-state index contributed by atoms with van der Waals surface area (Å²) in [5, 5.41) is 13.3. The molecule has 0 unspecified atom stereocenters. The number of aromatic hydroxyl groups is 1. The molecular formula is C19H12ClFN4O5S2. The quantitative estimate of drug-likeness (QED) is 0.398. The molecule has 0 saturated carbocycles. The van der Waals surface area contributed by atoms with Crippen LogP contribution < -0.4 is 15.6 Å². The minimum absolute atomic E-state index is 0.0667. The standard InChI is InChI=1S/C19H12ClFN4O5S2/c20-11-1-3-13-10(7-11)8-16(26)25(18(13)27)15-5-2-12(9-22-15)23-19(28)24-32(29,30)17-6-4-14(21)31-17/h1-9,27H,(H2,23,24,28). The number of benzene rings is 1. The van der Waals surface area contributed by atoms with E-state index in [2.05, 4.69) is 10.3 Å². The van der Waals surface area contributed by atoms with Crippen LogP contribution in [0.25, 0.3) is 16.6 Å². The molecule has 0 bridgehead atoms. The summed E-state index contributed by atoms with van der Waals surface area (Å²) in [6.45, 7) is 0. The molecule has 164 valence electrons. The van der Waals surface area contributed by atoms with Gasteiger partial charge in [-0.25, -0.2) is 27.5 Å². The third-order valence-electron chi connectivity index (χ3n) is 4.24. The summed E-state index contributed by atoms with van der Waals surface area (Å²) >= 11 is 6.29. The molecule has 3 aromatic heterocycles. The van der Waals surface area contributed by atoms with Gasteiger partial charge in [0, 0.05) is 16.5 Å². The SMILES string of the molecule is O=C(Nc1ccc(-n2c(O)c3ccc(Cl)cc3cc2=O)nc1)NS(=O)(=O)c1ccc(F)s1. The molecule has 0 spiro atoms. The summed E-state index contributed by atoms with van der Waals surface area (Å²) in [5.41, 5.74) is -0.448. The molecule has 0 aliphatic heterocycles. The average Bonchev–Trinajstić information content (AvgIpc) is 3.16. The predicted molar refractivity (Wildman–Crippen MR) is 118 cm³/mol. The number of hydrogen-bond acceptors (Lipinski definition) is 7. The van der Waals surface area contributed by atoms with E-state index in [1.54, 1.807) is 22.9 Å². The van der Waals surface area contributed by atoms with Crippen LogP contribution in [0, 0.1) is 5.13 Å². The van der Waals surface area contributed by atoms with Crippen LogP contribution >= 0.6 is 22.9 Å². The molecule has 32 heavy (non-hydrogen) atoms. The third-order valence-corrected chi connectivity index (χ3v) is 7.17. The van der Waals surface area contributed by atoms with Crippen molar-refractivity contribution in [1.29, 1.82) is 0 Å². The second-order valence-corrected chi connectivity index (χ2v) is 9.78. The summed E-state index contributed by atoms with van der Waals surface area (Å²) in [5.74, 6) is -0.276. The second kappa shape index (κ2) is 8.22. The van der Waals surface area contributed by atoms with E-state index in [1.165, 1.54) is 24.4 Å². The molecule has 2 amide bonds. The Morgan fingerprint density at radius 2 is 1.94 bits per heavy atom. The van der Waals surface area contributed by atoms with Crippen LogP contribution in [0.2, 0.25) is 5.02 Å². The highest BCUT2D eigenvalue weighted by Gasteiger charge is 2.20. The van der Waals surface area contributed by atoms with Crippen molar-refractivity contribution in [3.05, 3.63) is 75.2 Å². The Bertz CT molecular complexity index is 1520. The van der Waals surface area contributed by atoms with Gasteiger partial charge in [0.1, 0.15) is 10.0 Å². The molecule has 3 heterocycles. The van der Waals surface area contributed by atoms with Gasteiger partial charge in [-0.05, 0) is 47.9 Å². The van der Waals surface area contributed by atoms with Crippen molar-refractivity contribution < 1.29 is 22.7 Å². The number of hydrogen-bond donors (Lipinski definition) is 3.